The molecule has 0 bridgehead atoms. The molecule has 1 aromatic carbocycles. The molecular formula is C12H8N2S. The molecule has 0 saturated heterocycles. The van der Waals surface area contributed by atoms with Crippen molar-refractivity contribution in [2.75, 3.05) is 0 Å². The van der Waals surface area contributed by atoms with Crippen LogP contribution in [0, 0.1) is 0 Å². The van der Waals surface area contributed by atoms with Gasteiger partial charge in [0, 0.05) is 15.1 Å². The van der Waals surface area contributed by atoms with Crippen LogP contribution < -0.4 is 0 Å². The molecule has 72 valence electrons. The number of thiophene rings is 1. The van der Waals surface area contributed by atoms with Crippen molar-refractivity contribution >= 4 is 21.4 Å². The lowest BCUT2D eigenvalue weighted by molar-refractivity contribution is 1.03. The SMILES string of the molecule is c1ccc2sc(-c3ccnnc3)cc2c1. The lowest BCUT2D eigenvalue weighted by atomic mass is 10.2. The predicted molar refractivity (Wildman–Crippen MR) is 62.9 cm³/mol. The van der Waals surface area contributed by atoms with Crippen LogP contribution in [0.1, 0.15) is 0 Å². The zero-order valence-corrected chi connectivity index (χ0v) is 8.74. The minimum absolute atomic E-state index is 1.13. The predicted octanol–water partition coefficient (Wildman–Crippen LogP) is 3.36. The Morgan fingerprint density at radius 3 is 2.73 bits per heavy atom. The molecule has 2 aromatic heterocycles. The molecule has 0 aliphatic heterocycles. The molecule has 3 heteroatoms. The largest absolute Gasteiger partial charge is 0.159 e. The van der Waals surface area contributed by atoms with Gasteiger partial charge in [0.2, 0.25) is 0 Å². The first-order chi connectivity index (χ1) is 7.43. The Balaban J connectivity index is 2.21. The van der Waals surface area contributed by atoms with Crippen molar-refractivity contribution in [3.8, 4) is 10.4 Å². The normalized spacial score (nSPS) is 10.7. The fourth-order valence-corrected chi connectivity index (χ4v) is 2.61. The highest BCUT2D eigenvalue weighted by Crippen LogP contribution is 2.32. The fourth-order valence-electron chi connectivity index (χ4n) is 1.56. The molecule has 3 aromatic rings. The minimum atomic E-state index is 1.13. The average molecular weight is 212 g/mol. The van der Waals surface area contributed by atoms with Crippen molar-refractivity contribution < 1.29 is 0 Å². The Hall–Kier alpha value is -1.74. The van der Waals surface area contributed by atoms with Gasteiger partial charge in [-0.15, -0.1) is 11.3 Å². The maximum Gasteiger partial charge on any atom is 0.0582 e. The molecule has 2 nitrogen and oxygen atoms in total. The Morgan fingerprint density at radius 1 is 1.00 bits per heavy atom. The number of aromatic nitrogens is 2. The van der Waals surface area contributed by atoms with Crippen LogP contribution in [0.5, 0.6) is 0 Å². The Kier molecular flexibility index (Phi) is 1.96. The molecule has 0 saturated carbocycles. The van der Waals surface area contributed by atoms with Crippen molar-refractivity contribution in [2.45, 2.75) is 0 Å². The van der Waals surface area contributed by atoms with E-state index in [0.717, 1.165) is 5.56 Å². The van der Waals surface area contributed by atoms with E-state index in [-0.39, 0.29) is 0 Å². The van der Waals surface area contributed by atoms with Gasteiger partial charge in [0.15, 0.2) is 0 Å². The molecule has 0 unspecified atom stereocenters. The van der Waals surface area contributed by atoms with E-state index < -0.39 is 0 Å². The fraction of sp³-hybridized carbons (Fsp3) is 0. The topological polar surface area (TPSA) is 25.8 Å². The van der Waals surface area contributed by atoms with Crippen LogP contribution in [-0.4, -0.2) is 10.2 Å². The Morgan fingerprint density at radius 2 is 1.93 bits per heavy atom. The minimum Gasteiger partial charge on any atom is -0.159 e. The van der Waals surface area contributed by atoms with Gasteiger partial charge in [0.1, 0.15) is 0 Å². The third-order valence-corrected chi connectivity index (χ3v) is 3.46. The number of nitrogens with zero attached hydrogens (tertiary/aromatic N) is 2. The molecule has 3 rings (SSSR count). The van der Waals surface area contributed by atoms with E-state index >= 15 is 0 Å². The monoisotopic (exact) mass is 212 g/mol. The second kappa shape index (κ2) is 3.44. The Labute approximate surface area is 91.2 Å². The number of rotatable bonds is 1. The van der Waals surface area contributed by atoms with Crippen LogP contribution in [0.3, 0.4) is 0 Å². The maximum atomic E-state index is 3.89. The van der Waals surface area contributed by atoms with Gasteiger partial charge in [-0.1, -0.05) is 18.2 Å². The molecule has 2 heterocycles. The molecule has 0 fully saturated rings. The van der Waals surface area contributed by atoms with E-state index in [1.807, 2.05) is 6.07 Å². The van der Waals surface area contributed by atoms with Gasteiger partial charge >= 0.3 is 0 Å². The van der Waals surface area contributed by atoms with Crippen LogP contribution in [-0.2, 0) is 0 Å². The van der Waals surface area contributed by atoms with Crippen molar-refractivity contribution in [3.05, 3.63) is 48.8 Å². The summed E-state index contributed by atoms with van der Waals surface area (Å²) in [5.41, 5.74) is 1.13. The van der Waals surface area contributed by atoms with Crippen LogP contribution >= 0.6 is 11.3 Å². The molecule has 15 heavy (non-hydrogen) atoms. The third kappa shape index (κ3) is 1.51. The molecule has 0 N–H and O–H groups in total. The summed E-state index contributed by atoms with van der Waals surface area (Å²) in [7, 11) is 0. The summed E-state index contributed by atoms with van der Waals surface area (Å²) in [4.78, 5) is 1.24. The lowest BCUT2D eigenvalue weighted by Crippen LogP contribution is -1.78. The number of benzene rings is 1. The van der Waals surface area contributed by atoms with Crippen molar-refractivity contribution in [1.29, 1.82) is 0 Å². The molecular weight excluding hydrogens is 204 g/mol. The van der Waals surface area contributed by atoms with E-state index in [0.29, 0.717) is 0 Å². The quantitative estimate of drug-likeness (QED) is 0.618. The van der Waals surface area contributed by atoms with Gasteiger partial charge < -0.3 is 0 Å². The molecule has 0 amide bonds. The standard InChI is InChI=1S/C12H8N2S/c1-2-4-11-9(3-1)7-12(15-11)10-5-6-13-14-8-10/h1-8H. The average Bonchev–Trinajstić information content (AvgIpc) is 2.74. The number of fused-ring (bicyclic) bond motifs is 1. The second-order valence-corrected chi connectivity index (χ2v) is 4.36. The zero-order valence-electron chi connectivity index (χ0n) is 7.92. The molecule has 0 aliphatic rings. The first-order valence-corrected chi connectivity index (χ1v) is 5.51. The highest BCUT2D eigenvalue weighted by Gasteiger charge is 2.02. The van der Waals surface area contributed by atoms with E-state index in [4.69, 9.17) is 0 Å². The zero-order chi connectivity index (χ0) is 10.1. The van der Waals surface area contributed by atoms with Crippen LogP contribution in [0.4, 0.5) is 0 Å². The highest BCUT2D eigenvalue weighted by atomic mass is 32.1. The van der Waals surface area contributed by atoms with E-state index in [1.54, 1.807) is 23.7 Å². The van der Waals surface area contributed by atoms with Crippen molar-refractivity contribution in [3.63, 3.8) is 0 Å². The van der Waals surface area contributed by atoms with Crippen LogP contribution in [0.15, 0.2) is 48.8 Å². The van der Waals surface area contributed by atoms with Crippen LogP contribution in [0.25, 0.3) is 20.5 Å². The molecule has 0 radical (unpaired) electrons. The summed E-state index contributed by atoms with van der Waals surface area (Å²) in [5.74, 6) is 0. The Bertz CT molecular complexity index is 554. The first kappa shape index (κ1) is 8.56. The summed E-state index contributed by atoms with van der Waals surface area (Å²) in [5, 5.41) is 8.95. The van der Waals surface area contributed by atoms with Gasteiger partial charge in [0.25, 0.3) is 0 Å². The lowest BCUT2D eigenvalue weighted by Gasteiger charge is -1.91. The highest BCUT2D eigenvalue weighted by molar-refractivity contribution is 7.22. The number of hydrogen-bond donors (Lipinski definition) is 0. The first-order valence-electron chi connectivity index (χ1n) is 4.69. The molecule has 0 spiro atoms. The summed E-state index contributed by atoms with van der Waals surface area (Å²) in [6.45, 7) is 0. The third-order valence-electron chi connectivity index (χ3n) is 2.29. The molecule has 0 aliphatic carbocycles. The van der Waals surface area contributed by atoms with Gasteiger partial charge in [-0.05, 0) is 23.6 Å². The van der Waals surface area contributed by atoms with Gasteiger partial charge in [0.05, 0.1) is 12.4 Å². The molecule has 0 atom stereocenters. The van der Waals surface area contributed by atoms with Gasteiger partial charge in [-0.2, -0.15) is 10.2 Å². The van der Waals surface area contributed by atoms with Crippen LogP contribution in [0.2, 0.25) is 0 Å². The van der Waals surface area contributed by atoms with Gasteiger partial charge in [-0.3, -0.25) is 0 Å². The van der Waals surface area contributed by atoms with Crippen molar-refractivity contribution in [1.82, 2.24) is 10.2 Å². The van der Waals surface area contributed by atoms with Gasteiger partial charge in [-0.25, -0.2) is 0 Å². The second-order valence-electron chi connectivity index (χ2n) is 3.28. The summed E-state index contributed by atoms with van der Waals surface area (Å²) in [6, 6.07) is 12.6. The van der Waals surface area contributed by atoms with E-state index in [9.17, 15) is 0 Å². The van der Waals surface area contributed by atoms with E-state index in [2.05, 4.69) is 40.5 Å². The summed E-state index contributed by atoms with van der Waals surface area (Å²) >= 11 is 1.78. The van der Waals surface area contributed by atoms with Crippen molar-refractivity contribution in [2.24, 2.45) is 0 Å². The van der Waals surface area contributed by atoms with E-state index in [1.165, 1.54) is 15.0 Å². The number of hydrogen-bond acceptors (Lipinski definition) is 3. The summed E-state index contributed by atoms with van der Waals surface area (Å²) < 4.78 is 1.31. The smallest absolute Gasteiger partial charge is 0.0582 e. The maximum absolute atomic E-state index is 3.89. The summed E-state index contributed by atoms with van der Waals surface area (Å²) in [6.07, 6.45) is 3.52.